The van der Waals surface area contributed by atoms with Crippen molar-refractivity contribution in [3.05, 3.63) is 0 Å². The van der Waals surface area contributed by atoms with Gasteiger partial charge in [-0.05, 0) is 41.5 Å². The molecule has 0 aliphatic carbocycles. The summed E-state index contributed by atoms with van der Waals surface area (Å²) >= 11 is 0. The molecule has 10 saturated heterocycles. The van der Waals surface area contributed by atoms with E-state index in [0.29, 0.717) is 58.8 Å². The zero-order valence-electron chi connectivity index (χ0n) is 38.4. The van der Waals surface area contributed by atoms with E-state index in [9.17, 15) is 9.59 Å². The maximum absolute atomic E-state index is 16.1. The smallest absolute Gasteiger partial charge is 0.359 e. The van der Waals surface area contributed by atoms with E-state index in [0.717, 1.165) is 0 Å². The Kier molecular flexibility index (Phi) is 9.83. The number of ether oxygens (including phenoxy) is 8. The van der Waals surface area contributed by atoms with Gasteiger partial charge in [0.15, 0.2) is 0 Å². The second-order valence-corrected chi connectivity index (χ2v) is 16.7. The fourth-order valence-electron chi connectivity index (χ4n) is 12.1. The van der Waals surface area contributed by atoms with Crippen molar-refractivity contribution in [3.8, 4) is 0 Å². The molecule has 0 spiro atoms. The van der Waals surface area contributed by atoms with Gasteiger partial charge < -0.3 is 37.9 Å². The van der Waals surface area contributed by atoms with Gasteiger partial charge in [-0.3, -0.25) is 58.8 Å². The Labute approximate surface area is 394 Å². The number of rotatable bonds is 12. The fraction of sp³-hybridized carbons (Fsp3) is 0.684. The number of carbonyl (C=O) groups excluding carboxylic acids is 12. The summed E-state index contributed by atoms with van der Waals surface area (Å²) in [5.41, 5.74) is -18.4. The van der Waals surface area contributed by atoms with E-state index in [-0.39, 0.29) is 13.2 Å². The largest absolute Gasteiger partial charge is 0.463 e. The van der Waals surface area contributed by atoms with Crippen LogP contribution in [0.2, 0.25) is 0 Å². The third-order valence-corrected chi connectivity index (χ3v) is 14.3. The fourth-order valence-corrected chi connectivity index (χ4v) is 12.1. The molecule has 10 heterocycles. The Bertz CT molecular complexity index is 2230. The number of nitrogens with zero attached hydrogens (tertiary/aromatic N) is 12. The van der Waals surface area contributed by atoms with Crippen LogP contribution in [0.25, 0.3) is 0 Å². The molecule has 0 aromatic carbocycles. The predicted octanol–water partition coefficient (Wildman–Crippen LogP) is -3.28. The van der Waals surface area contributed by atoms with Crippen molar-refractivity contribution >= 4 is 72.0 Å². The van der Waals surface area contributed by atoms with Crippen molar-refractivity contribution in [3.63, 3.8) is 0 Å². The first kappa shape index (κ1) is 46.1. The van der Waals surface area contributed by atoms with Gasteiger partial charge in [0.1, 0.15) is 53.6 Å². The Balaban J connectivity index is 1.30. The Morgan fingerprint density at radius 1 is 0.314 bits per heavy atom. The van der Waals surface area contributed by atoms with Gasteiger partial charge in [-0.1, -0.05) is 0 Å². The zero-order valence-corrected chi connectivity index (χ0v) is 38.4. The number of esters is 6. The molecule has 0 aromatic heterocycles. The number of hydrogen-bond acceptors (Lipinski definition) is 20. The normalized spacial score (nSPS) is 33.0. The molecule has 0 aromatic rings. The van der Waals surface area contributed by atoms with Gasteiger partial charge in [0.2, 0.25) is 0 Å². The summed E-state index contributed by atoms with van der Waals surface area (Å²) < 4.78 is 44.6. The molecule has 10 fully saturated rings. The van der Waals surface area contributed by atoms with Gasteiger partial charge in [-0.25, -0.2) is 57.5 Å². The molecule has 0 saturated carbocycles. The molecule has 0 radical (unpaired) electrons. The highest BCUT2D eigenvalue weighted by atomic mass is 16.6. The summed E-state index contributed by atoms with van der Waals surface area (Å²) in [6.45, 7) is -3.17. The molecule has 10 aliphatic rings. The highest BCUT2D eigenvalue weighted by Gasteiger charge is 2.96. The van der Waals surface area contributed by atoms with Crippen molar-refractivity contribution in [1.29, 1.82) is 0 Å². The molecule has 10 aliphatic heterocycles. The van der Waals surface area contributed by atoms with Gasteiger partial charge in [0.05, 0.1) is 39.6 Å². The van der Waals surface area contributed by atoms with Gasteiger partial charge >= 0.3 is 72.0 Å². The summed E-state index contributed by atoms with van der Waals surface area (Å²) in [6, 6.07) is -8.25. The van der Waals surface area contributed by atoms with Crippen molar-refractivity contribution in [1.82, 2.24) is 58.8 Å². The number of amides is 12. The molecule has 378 valence electrons. The summed E-state index contributed by atoms with van der Waals surface area (Å²) in [5, 5.41) is 0. The van der Waals surface area contributed by atoms with Crippen LogP contribution in [0, 0.1) is 0 Å². The minimum absolute atomic E-state index is 0.367. The van der Waals surface area contributed by atoms with Crippen molar-refractivity contribution in [2.24, 2.45) is 0 Å². The summed E-state index contributed by atoms with van der Waals surface area (Å²) in [7, 11) is 0. The van der Waals surface area contributed by atoms with Gasteiger partial charge in [0.25, 0.3) is 34.0 Å². The molecule has 70 heavy (non-hydrogen) atoms. The minimum atomic E-state index is -3.31. The lowest BCUT2D eigenvalue weighted by molar-refractivity contribution is -0.225. The summed E-state index contributed by atoms with van der Waals surface area (Å²) in [4.78, 5) is 190. The quantitative estimate of drug-likeness (QED) is 0.137. The van der Waals surface area contributed by atoms with E-state index >= 15 is 47.9 Å². The Hall–Kier alpha value is -7.64. The van der Waals surface area contributed by atoms with Gasteiger partial charge in [-0.2, -0.15) is 0 Å². The third kappa shape index (κ3) is 4.34. The van der Waals surface area contributed by atoms with Crippen molar-refractivity contribution < 1.29 is 95.4 Å². The Morgan fingerprint density at radius 2 is 0.457 bits per heavy atom. The van der Waals surface area contributed by atoms with Crippen LogP contribution >= 0.6 is 0 Å². The van der Waals surface area contributed by atoms with Crippen molar-refractivity contribution in [2.45, 2.75) is 75.5 Å². The maximum Gasteiger partial charge on any atom is 0.359 e. The second kappa shape index (κ2) is 14.9. The standard InChI is InChI=1S/C38H46N12O20/c1-7-65-21(51)33-34(22(52)66-8-2)41-15-45-31(61)49-19-64-20-50-32(62)46(36(45,24(54)68-10-4)38(49,50)26(56)70-12-6)16-42(34)28(58)40(33)14-44-30(60)48-18-63-17-47-29(59)43(13-39(33)27(41)57)35(44,23(53)67-9-3)37(47,48)25(55)69-11-5/h7-20H2,1-6H3/t33-,34+,35-,36-,37+,38+. The predicted molar refractivity (Wildman–Crippen MR) is 212 cm³/mol. The van der Waals surface area contributed by atoms with Crippen LogP contribution in [0.4, 0.5) is 28.8 Å². The highest BCUT2D eigenvalue weighted by molar-refractivity contribution is 6.14. The Morgan fingerprint density at radius 3 is 0.614 bits per heavy atom. The lowest BCUT2D eigenvalue weighted by Crippen LogP contribution is -2.83. The average molecular weight is 991 g/mol. The van der Waals surface area contributed by atoms with E-state index in [4.69, 9.17) is 37.9 Å². The maximum atomic E-state index is 16.1. The zero-order chi connectivity index (χ0) is 50.4. The van der Waals surface area contributed by atoms with Gasteiger partial charge in [0, 0.05) is 0 Å². The van der Waals surface area contributed by atoms with Gasteiger partial charge in [-0.15, -0.1) is 0 Å². The number of carbonyl (C=O) groups is 12. The van der Waals surface area contributed by atoms with E-state index < -0.39 is 186 Å². The molecular weight excluding hydrogens is 944 g/mol. The molecular formula is C38H46N12O20. The number of hydrogen-bond donors (Lipinski definition) is 0. The highest BCUT2D eigenvalue weighted by Crippen LogP contribution is 2.63. The molecule has 0 bridgehead atoms. The minimum Gasteiger partial charge on any atom is -0.463 e. The molecule has 32 nitrogen and oxygen atoms in total. The van der Waals surface area contributed by atoms with Crippen molar-refractivity contribution in [2.75, 3.05) is 93.2 Å². The van der Waals surface area contributed by atoms with E-state index in [2.05, 4.69) is 0 Å². The van der Waals surface area contributed by atoms with Crippen LogP contribution in [0.5, 0.6) is 0 Å². The lowest BCUT2D eigenvalue weighted by Gasteiger charge is -2.52. The van der Waals surface area contributed by atoms with Crippen LogP contribution in [0.15, 0.2) is 0 Å². The SMILES string of the molecule is CCOC(=O)[C@]12N3COCN1C(=O)N1CN4C(=O)N5CN6C(=O)N7COCN8C(=O)N(CN9C(=O)N(CN(C3=O)[C@]12C(=O)OCC)[C@]4(C(=O)OCC)[C@@]59C(=O)OCC)[C@@]6(C(=O)OCC)[C@@]87C(=O)OCC. The van der Waals surface area contributed by atoms with E-state index in [1.165, 1.54) is 41.5 Å². The summed E-state index contributed by atoms with van der Waals surface area (Å²) in [5.74, 6) is -8.80. The van der Waals surface area contributed by atoms with Crippen LogP contribution in [-0.4, -0.2) is 258 Å². The molecule has 0 unspecified atom stereocenters. The monoisotopic (exact) mass is 990 g/mol. The summed E-state index contributed by atoms with van der Waals surface area (Å²) in [6.07, 6.45) is 0. The molecule has 0 atom stereocenters. The van der Waals surface area contributed by atoms with E-state index in [1.54, 1.807) is 0 Å². The van der Waals surface area contributed by atoms with Crippen LogP contribution < -0.4 is 0 Å². The average Bonchev–Trinajstić information content (AvgIpc) is 3.99. The third-order valence-electron chi connectivity index (χ3n) is 14.3. The molecule has 12 amide bonds. The second-order valence-electron chi connectivity index (χ2n) is 16.7. The first-order chi connectivity index (χ1) is 33.5. The molecule has 0 N–H and O–H groups in total. The molecule has 10 rings (SSSR count). The first-order valence-electron chi connectivity index (χ1n) is 22.2. The molecule has 32 heteroatoms. The van der Waals surface area contributed by atoms with Crippen LogP contribution in [0.1, 0.15) is 41.5 Å². The van der Waals surface area contributed by atoms with Crippen LogP contribution in [-0.2, 0) is 66.7 Å². The number of urea groups is 6. The first-order valence-corrected chi connectivity index (χ1v) is 22.2. The van der Waals surface area contributed by atoms with Crippen LogP contribution in [0.3, 0.4) is 0 Å². The lowest BCUT2D eigenvalue weighted by atomic mass is 9.87. The van der Waals surface area contributed by atoms with E-state index in [1.807, 2.05) is 0 Å². The topological polar surface area (TPSA) is 318 Å².